The van der Waals surface area contributed by atoms with Gasteiger partial charge in [-0.15, -0.1) is 0 Å². The number of hydrogen-bond acceptors (Lipinski definition) is 4. The molecule has 7 heteroatoms. The van der Waals surface area contributed by atoms with Gasteiger partial charge in [0, 0.05) is 25.6 Å². The summed E-state index contributed by atoms with van der Waals surface area (Å²) in [6.07, 6.45) is 3.81. The van der Waals surface area contributed by atoms with Crippen LogP contribution < -0.4 is 5.32 Å². The topological polar surface area (TPSA) is 95.9 Å². The van der Waals surface area contributed by atoms with Gasteiger partial charge in [0.15, 0.2) is 0 Å². The molecular weight excluding hydrogens is 444 g/mol. The van der Waals surface area contributed by atoms with Gasteiger partial charge in [-0.25, -0.2) is 4.79 Å². The van der Waals surface area contributed by atoms with Gasteiger partial charge in [-0.3, -0.25) is 9.59 Å². The number of carboxylic acid groups (broad SMARTS) is 1. The van der Waals surface area contributed by atoms with Gasteiger partial charge in [0.25, 0.3) is 0 Å². The van der Waals surface area contributed by atoms with Gasteiger partial charge in [0.2, 0.25) is 5.91 Å². The van der Waals surface area contributed by atoms with E-state index in [9.17, 15) is 19.5 Å². The zero-order valence-electron chi connectivity index (χ0n) is 19.7. The third-order valence-electron chi connectivity index (χ3n) is 8.95. The number of amides is 2. The van der Waals surface area contributed by atoms with Crippen LogP contribution in [0.2, 0.25) is 0 Å². The van der Waals surface area contributed by atoms with Crippen molar-refractivity contribution in [2.75, 3.05) is 26.2 Å². The van der Waals surface area contributed by atoms with Gasteiger partial charge in [-0.1, -0.05) is 55.0 Å². The molecule has 182 valence electrons. The van der Waals surface area contributed by atoms with E-state index >= 15 is 0 Å². The third kappa shape index (κ3) is 3.43. The number of carbonyl (C=O) groups excluding carboxylic acids is 2. The fourth-order valence-electron chi connectivity index (χ4n) is 6.74. The number of carbonyl (C=O) groups is 3. The van der Waals surface area contributed by atoms with E-state index in [0.29, 0.717) is 13.0 Å². The Morgan fingerprint density at radius 1 is 1.03 bits per heavy atom. The van der Waals surface area contributed by atoms with Crippen LogP contribution in [-0.4, -0.2) is 54.2 Å². The molecular formula is C28H30N2O5. The van der Waals surface area contributed by atoms with Crippen molar-refractivity contribution in [2.24, 2.45) is 16.7 Å². The summed E-state index contributed by atoms with van der Waals surface area (Å²) in [5, 5.41) is 12.2. The Morgan fingerprint density at radius 2 is 1.69 bits per heavy atom. The molecule has 2 aromatic carbocycles. The predicted molar refractivity (Wildman–Crippen MR) is 129 cm³/mol. The molecule has 2 unspecified atom stereocenters. The second-order valence-corrected chi connectivity index (χ2v) is 10.6. The van der Waals surface area contributed by atoms with E-state index in [2.05, 4.69) is 29.6 Å². The predicted octanol–water partition coefficient (Wildman–Crippen LogP) is 4.02. The molecule has 2 atom stereocenters. The largest absolute Gasteiger partial charge is 0.481 e. The lowest BCUT2D eigenvalue weighted by Gasteiger charge is -2.34. The highest BCUT2D eigenvalue weighted by Gasteiger charge is 2.74. The lowest BCUT2D eigenvalue weighted by molar-refractivity contribution is -0.142. The van der Waals surface area contributed by atoms with Gasteiger partial charge in [-0.05, 0) is 53.4 Å². The first-order chi connectivity index (χ1) is 16.9. The summed E-state index contributed by atoms with van der Waals surface area (Å²) in [7, 11) is 0. The molecule has 2 aromatic rings. The summed E-state index contributed by atoms with van der Waals surface area (Å²) in [5.74, 6) is -1.36. The summed E-state index contributed by atoms with van der Waals surface area (Å²) in [4.78, 5) is 39.3. The molecule has 35 heavy (non-hydrogen) atoms. The van der Waals surface area contributed by atoms with Crippen molar-refractivity contribution >= 4 is 18.0 Å². The summed E-state index contributed by atoms with van der Waals surface area (Å²) < 4.78 is 5.68. The zero-order chi connectivity index (χ0) is 24.2. The monoisotopic (exact) mass is 474 g/mol. The van der Waals surface area contributed by atoms with Crippen molar-refractivity contribution in [3.05, 3.63) is 59.7 Å². The molecule has 1 aliphatic heterocycles. The number of rotatable bonds is 6. The van der Waals surface area contributed by atoms with Crippen LogP contribution in [0.25, 0.3) is 11.1 Å². The zero-order valence-corrected chi connectivity index (χ0v) is 19.7. The number of hydrogen-bond donors (Lipinski definition) is 2. The maximum atomic E-state index is 13.5. The highest BCUT2D eigenvalue weighted by molar-refractivity contribution is 5.89. The van der Waals surface area contributed by atoms with Crippen molar-refractivity contribution in [1.82, 2.24) is 10.2 Å². The van der Waals surface area contributed by atoms with Crippen molar-refractivity contribution in [2.45, 2.75) is 38.0 Å². The van der Waals surface area contributed by atoms with Gasteiger partial charge in [0.05, 0.1) is 11.3 Å². The van der Waals surface area contributed by atoms with Crippen molar-refractivity contribution in [3.63, 3.8) is 0 Å². The summed E-state index contributed by atoms with van der Waals surface area (Å²) in [6, 6.07) is 16.4. The number of fused-ring (bicyclic) bond motifs is 3. The number of nitrogens with one attached hydrogen (secondary N) is 1. The number of nitrogens with zero attached hydrogens (tertiary/aromatic N) is 1. The molecule has 2 saturated carbocycles. The Morgan fingerprint density at radius 3 is 2.23 bits per heavy atom. The molecule has 4 aliphatic rings. The second-order valence-electron chi connectivity index (χ2n) is 10.6. The van der Waals surface area contributed by atoms with Gasteiger partial charge >= 0.3 is 12.1 Å². The molecule has 0 radical (unpaired) electrons. The number of alkyl carbamates (subject to hydrolysis) is 1. The molecule has 3 fully saturated rings. The fraction of sp³-hybridized carbons (Fsp3) is 0.464. The maximum absolute atomic E-state index is 13.5. The van der Waals surface area contributed by atoms with Crippen LogP contribution >= 0.6 is 0 Å². The average Bonchev–Trinajstić information content (AvgIpc) is 3.15. The molecule has 3 aliphatic carbocycles. The molecule has 7 nitrogen and oxygen atoms in total. The Labute approximate surface area is 204 Å². The lowest BCUT2D eigenvalue weighted by Crippen LogP contribution is -2.46. The first-order valence-electron chi connectivity index (χ1n) is 12.6. The van der Waals surface area contributed by atoms with Crippen LogP contribution in [-0.2, 0) is 14.3 Å². The fourth-order valence-corrected chi connectivity index (χ4v) is 6.74. The van der Waals surface area contributed by atoms with E-state index < -0.39 is 23.4 Å². The minimum atomic E-state index is -0.847. The first kappa shape index (κ1) is 22.1. The summed E-state index contributed by atoms with van der Waals surface area (Å²) in [5.41, 5.74) is 4.01. The minimum Gasteiger partial charge on any atom is -0.481 e. The van der Waals surface area contributed by atoms with Crippen molar-refractivity contribution in [3.8, 4) is 11.1 Å². The highest BCUT2D eigenvalue weighted by Crippen LogP contribution is 2.74. The highest BCUT2D eigenvalue weighted by atomic mass is 16.5. The smallest absolute Gasteiger partial charge is 0.407 e. The number of benzene rings is 2. The van der Waals surface area contributed by atoms with E-state index in [1.807, 2.05) is 24.3 Å². The molecule has 1 heterocycles. The van der Waals surface area contributed by atoms with Gasteiger partial charge in [0.1, 0.15) is 6.61 Å². The SMILES string of the molecule is O=C(NCC1(C(=O)N2CCC(C(=O)O)C2)CC12CCC2)OCC1c2ccccc2-c2ccccc21. The third-order valence-corrected chi connectivity index (χ3v) is 8.95. The van der Waals surface area contributed by atoms with E-state index in [1.165, 1.54) is 11.1 Å². The summed E-state index contributed by atoms with van der Waals surface area (Å²) in [6.45, 7) is 1.21. The van der Waals surface area contributed by atoms with E-state index in [-0.39, 0.29) is 36.9 Å². The standard InChI is InChI=1S/C28H30N2O5/c31-24(32)18-10-13-30(14-18)25(33)28(16-27(28)11-5-12-27)17-29-26(34)35-15-23-21-8-3-1-6-19(21)20-7-2-4-9-22(20)23/h1-4,6-9,18,23H,5,10-17H2,(H,29,34)(H,31,32). The van der Waals surface area contributed by atoms with Gasteiger partial charge < -0.3 is 20.1 Å². The van der Waals surface area contributed by atoms with Crippen LogP contribution in [0.5, 0.6) is 0 Å². The molecule has 0 bridgehead atoms. The number of aliphatic carboxylic acids is 1. The first-order valence-corrected chi connectivity index (χ1v) is 12.6. The average molecular weight is 475 g/mol. The Balaban J connectivity index is 1.11. The van der Waals surface area contributed by atoms with E-state index in [4.69, 9.17) is 4.74 Å². The maximum Gasteiger partial charge on any atom is 0.407 e. The van der Waals surface area contributed by atoms with E-state index in [0.717, 1.165) is 36.8 Å². The summed E-state index contributed by atoms with van der Waals surface area (Å²) >= 11 is 0. The molecule has 6 rings (SSSR count). The quantitative estimate of drug-likeness (QED) is 0.659. The van der Waals surface area contributed by atoms with Crippen molar-refractivity contribution in [1.29, 1.82) is 0 Å². The number of likely N-dealkylation sites (tertiary alicyclic amines) is 1. The molecule has 2 amide bonds. The van der Waals surface area contributed by atoms with Crippen LogP contribution in [0.3, 0.4) is 0 Å². The van der Waals surface area contributed by atoms with Gasteiger partial charge in [-0.2, -0.15) is 0 Å². The molecule has 1 spiro atoms. The van der Waals surface area contributed by atoms with Crippen LogP contribution in [0.1, 0.15) is 49.1 Å². The Hall–Kier alpha value is -3.35. The normalized spacial score (nSPS) is 25.5. The van der Waals surface area contributed by atoms with Crippen molar-refractivity contribution < 1.29 is 24.2 Å². The minimum absolute atomic E-state index is 0.0000948. The van der Waals surface area contributed by atoms with Crippen LogP contribution in [0, 0.1) is 16.7 Å². The lowest BCUT2D eigenvalue weighted by atomic mass is 9.74. The Kier molecular flexibility index (Phi) is 5.13. The van der Waals surface area contributed by atoms with E-state index in [1.54, 1.807) is 4.90 Å². The van der Waals surface area contributed by atoms with Crippen LogP contribution in [0.4, 0.5) is 4.79 Å². The Bertz CT molecular complexity index is 1160. The second kappa shape index (κ2) is 8.11. The number of carboxylic acids is 1. The number of ether oxygens (including phenoxy) is 1. The molecule has 2 N–H and O–H groups in total. The molecule has 1 saturated heterocycles. The van der Waals surface area contributed by atoms with Crippen LogP contribution in [0.15, 0.2) is 48.5 Å². The molecule has 0 aromatic heterocycles.